The van der Waals surface area contributed by atoms with Crippen LogP contribution in [0.15, 0.2) is 23.6 Å². The van der Waals surface area contributed by atoms with Gasteiger partial charge in [0, 0.05) is 22.5 Å². The number of aromatic nitrogens is 1. The number of carbonyl (C=O) groups is 1. The first-order chi connectivity index (χ1) is 14.0. The number of ether oxygens (including phenoxy) is 1. The van der Waals surface area contributed by atoms with Gasteiger partial charge in [0.05, 0.1) is 5.02 Å². The van der Waals surface area contributed by atoms with Gasteiger partial charge in [0.1, 0.15) is 30.1 Å². The van der Waals surface area contributed by atoms with Gasteiger partial charge in [0.15, 0.2) is 5.01 Å². The number of halogens is 5. The Labute approximate surface area is 177 Å². The highest BCUT2D eigenvalue weighted by atomic mass is 35.5. The van der Waals surface area contributed by atoms with Gasteiger partial charge in [-0.3, -0.25) is 10.1 Å². The highest BCUT2D eigenvalue weighted by Gasteiger charge is 2.69. The van der Waals surface area contributed by atoms with Gasteiger partial charge >= 0.3 is 6.18 Å². The Morgan fingerprint density at radius 3 is 2.63 bits per heavy atom. The number of hydrogen-bond donors (Lipinski definition) is 3. The Kier molecular flexibility index (Phi) is 5.20. The molecule has 0 aliphatic heterocycles. The van der Waals surface area contributed by atoms with Gasteiger partial charge in [0.2, 0.25) is 0 Å². The lowest BCUT2D eigenvalue weighted by Gasteiger charge is -2.71. The van der Waals surface area contributed by atoms with Gasteiger partial charge in [-0.1, -0.05) is 11.6 Å². The molecule has 2 aromatic rings. The van der Waals surface area contributed by atoms with Crippen LogP contribution in [0.4, 0.5) is 17.6 Å². The van der Waals surface area contributed by atoms with Crippen molar-refractivity contribution in [1.82, 2.24) is 15.6 Å². The number of nitrogens with zero attached hydrogens (tertiary/aromatic N) is 1. The van der Waals surface area contributed by atoms with E-state index in [0.29, 0.717) is 30.6 Å². The zero-order valence-corrected chi connectivity index (χ0v) is 16.8. The molecule has 3 N–H and O–H groups in total. The van der Waals surface area contributed by atoms with Gasteiger partial charge in [-0.05, 0) is 31.4 Å². The molecular weight excluding hydrogens is 450 g/mol. The molecule has 1 amide bonds. The molecule has 0 spiro atoms. The minimum absolute atomic E-state index is 0.0329. The van der Waals surface area contributed by atoms with Crippen molar-refractivity contribution in [3.05, 3.63) is 45.1 Å². The maximum atomic E-state index is 13.4. The van der Waals surface area contributed by atoms with Crippen molar-refractivity contribution < 1.29 is 32.2 Å². The lowest BCUT2D eigenvalue weighted by atomic mass is 9.44. The molecule has 6 nitrogen and oxygen atoms in total. The second-order valence-corrected chi connectivity index (χ2v) is 8.89. The van der Waals surface area contributed by atoms with E-state index < -0.39 is 34.7 Å². The van der Waals surface area contributed by atoms with Gasteiger partial charge in [0.25, 0.3) is 5.91 Å². The topological polar surface area (TPSA) is 83.5 Å². The number of alkyl halides is 3. The van der Waals surface area contributed by atoms with Crippen LogP contribution in [0.2, 0.25) is 5.02 Å². The molecule has 1 aromatic carbocycles. The van der Waals surface area contributed by atoms with E-state index in [2.05, 4.69) is 15.6 Å². The third-order valence-electron chi connectivity index (χ3n) is 5.16. The molecule has 12 heteroatoms. The minimum Gasteiger partial charge on any atom is -0.489 e. The number of rotatable bonds is 7. The molecule has 1 aromatic heterocycles. The summed E-state index contributed by atoms with van der Waals surface area (Å²) in [6.07, 6.45) is -4.04. The highest BCUT2D eigenvalue weighted by Crippen LogP contribution is 2.60. The largest absolute Gasteiger partial charge is 0.489 e. The van der Waals surface area contributed by atoms with Crippen LogP contribution in [0.25, 0.3) is 0 Å². The van der Waals surface area contributed by atoms with E-state index in [1.807, 2.05) is 0 Å². The first-order valence-corrected chi connectivity index (χ1v) is 10.1. The molecule has 1 unspecified atom stereocenters. The van der Waals surface area contributed by atoms with Crippen LogP contribution in [0.3, 0.4) is 0 Å². The summed E-state index contributed by atoms with van der Waals surface area (Å²) in [5, 5.41) is 15.9. The standard InChI is InChI=1S/C18H16ClF4N3O3S/c19-10-2-1-9(3-11(10)20)29-4-13(27)25-16-6-17(7-16,8-16)26-14(28)12-5-30-15(24-12)18(21,22)23/h1-3,5,13,25,27H,4,6-8H2,(H,26,28). The average Bonchev–Trinajstić information content (AvgIpc) is 3.10. The summed E-state index contributed by atoms with van der Waals surface area (Å²) in [6, 6.07) is 3.94. The van der Waals surface area contributed by atoms with E-state index >= 15 is 0 Å². The predicted molar refractivity (Wildman–Crippen MR) is 99.9 cm³/mol. The molecule has 0 radical (unpaired) electrons. The summed E-state index contributed by atoms with van der Waals surface area (Å²) in [5.74, 6) is -1.06. The SMILES string of the molecule is O=C(NC12CC(NC(O)COc3ccc(Cl)c(F)c3)(C1)C2)c1csc(C(F)(F)F)n1. The van der Waals surface area contributed by atoms with E-state index in [1.165, 1.54) is 12.1 Å². The van der Waals surface area contributed by atoms with Crippen LogP contribution in [0.1, 0.15) is 34.8 Å². The van der Waals surface area contributed by atoms with Gasteiger partial charge < -0.3 is 15.2 Å². The third-order valence-corrected chi connectivity index (χ3v) is 6.35. The fourth-order valence-corrected chi connectivity index (χ4v) is 4.81. The minimum atomic E-state index is -4.58. The van der Waals surface area contributed by atoms with Crippen molar-refractivity contribution in [3.8, 4) is 5.75 Å². The van der Waals surface area contributed by atoms with Crippen LogP contribution in [0, 0.1) is 5.82 Å². The van der Waals surface area contributed by atoms with Crippen molar-refractivity contribution in [2.75, 3.05) is 6.61 Å². The zero-order valence-electron chi connectivity index (χ0n) is 15.2. The number of aliphatic hydroxyl groups is 1. The monoisotopic (exact) mass is 465 g/mol. The summed E-state index contributed by atoms with van der Waals surface area (Å²) in [5.41, 5.74) is -1.14. The van der Waals surface area contributed by atoms with Crippen LogP contribution in [0.5, 0.6) is 5.75 Å². The Balaban J connectivity index is 1.24. The Morgan fingerprint density at radius 2 is 2.03 bits per heavy atom. The van der Waals surface area contributed by atoms with E-state index in [4.69, 9.17) is 16.3 Å². The fourth-order valence-electron chi connectivity index (χ4n) is 4.02. The van der Waals surface area contributed by atoms with Crippen molar-refractivity contribution >= 4 is 28.8 Å². The number of amides is 1. The second kappa shape index (κ2) is 7.33. The number of hydrogen-bond acceptors (Lipinski definition) is 6. The maximum Gasteiger partial charge on any atom is 0.443 e. The molecule has 3 saturated carbocycles. The van der Waals surface area contributed by atoms with Crippen LogP contribution < -0.4 is 15.4 Å². The van der Waals surface area contributed by atoms with Crippen molar-refractivity contribution in [3.63, 3.8) is 0 Å². The van der Waals surface area contributed by atoms with Gasteiger partial charge in [-0.2, -0.15) is 13.2 Å². The molecule has 162 valence electrons. The molecule has 3 aliphatic rings. The molecule has 1 atom stereocenters. The third kappa shape index (κ3) is 4.11. The fraction of sp³-hybridized carbons (Fsp3) is 0.444. The highest BCUT2D eigenvalue weighted by molar-refractivity contribution is 7.09. The summed E-state index contributed by atoms with van der Waals surface area (Å²) < 4.78 is 56.6. The summed E-state index contributed by atoms with van der Waals surface area (Å²) in [7, 11) is 0. The normalized spacial score (nSPS) is 25.8. The molecular formula is C18H16ClF4N3O3S. The Bertz CT molecular complexity index is 964. The molecule has 3 aliphatic carbocycles. The number of benzene rings is 1. The number of aliphatic hydroxyl groups excluding tert-OH is 1. The Morgan fingerprint density at radius 1 is 1.33 bits per heavy atom. The first kappa shape index (κ1) is 21.3. The second-order valence-electron chi connectivity index (χ2n) is 7.63. The first-order valence-electron chi connectivity index (χ1n) is 8.88. The smallest absolute Gasteiger partial charge is 0.443 e. The van der Waals surface area contributed by atoms with E-state index in [-0.39, 0.29) is 28.6 Å². The lowest BCUT2D eigenvalue weighted by Crippen LogP contribution is -2.84. The van der Waals surface area contributed by atoms with Crippen LogP contribution >= 0.6 is 22.9 Å². The quantitative estimate of drug-likeness (QED) is 0.431. The summed E-state index contributed by atoms with van der Waals surface area (Å²) in [4.78, 5) is 15.5. The number of thiazole rings is 1. The van der Waals surface area contributed by atoms with Gasteiger partial charge in [-0.25, -0.2) is 9.37 Å². The van der Waals surface area contributed by atoms with E-state index in [0.717, 1.165) is 11.4 Å². The number of nitrogens with one attached hydrogen (secondary N) is 2. The van der Waals surface area contributed by atoms with Gasteiger partial charge in [-0.15, -0.1) is 11.3 Å². The van der Waals surface area contributed by atoms with Crippen LogP contribution in [-0.4, -0.2) is 39.9 Å². The van der Waals surface area contributed by atoms with Crippen molar-refractivity contribution in [1.29, 1.82) is 0 Å². The average molecular weight is 466 g/mol. The van der Waals surface area contributed by atoms with Crippen molar-refractivity contribution in [2.45, 2.75) is 42.7 Å². The molecule has 30 heavy (non-hydrogen) atoms. The molecule has 2 bridgehead atoms. The van der Waals surface area contributed by atoms with Crippen LogP contribution in [-0.2, 0) is 6.18 Å². The zero-order chi connectivity index (χ0) is 21.7. The molecule has 1 heterocycles. The lowest BCUT2D eigenvalue weighted by molar-refractivity contribution is -0.137. The maximum absolute atomic E-state index is 13.4. The number of carbonyl (C=O) groups excluding carboxylic acids is 1. The van der Waals surface area contributed by atoms with E-state index in [1.54, 1.807) is 0 Å². The molecule has 5 rings (SSSR count). The molecule has 0 saturated heterocycles. The molecule has 3 fully saturated rings. The van der Waals surface area contributed by atoms with E-state index in [9.17, 15) is 27.5 Å². The summed E-state index contributed by atoms with van der Waals surface area (Å²) in [6.45, 7) is -0.124. The Hall–Kier alpha value is -1.95. The predicted octanol–water partition coefficient (Wildman–Crippen LogP) is 3.35. The summed E-state index contributed by atoms with van der Waals surface area (Å²) >= 11 is 5.97. The van der Waals surface area contributed by atoms with Crippen molar-refractivity contribution in [2.24, 2.45) is 0 Å².